The minimum atomic E-state index is -1.60. The molecule has 17 nitrogen and oxygen atoms in total. The Balaban J connectivity index is 1.52. The molecule has 5 rings (SSSR count). The lowest BCUT2D eigenvalue weighted by atomic mass is 9.77. The average Bonchev–Trinajstić information content (AvgIpc) is 3.48. The molecular formula is C36H42N2O15. The number of H-pyrrole nitrogens is 1. The number of carboxylic acids is 1. The maximum absolute atomic E-state index is 13.2. The Hall–Kier alpha value is -5.26. The van der Waals surface area contributed by atoms with Crippen LogP contribution in [-0.4, -0.2) is 103 Å². The number of fused-ring (bicyclic) bond motifs is 3. The number of esters is 5. The molecule has 0 saturated carbocycles. The molecule has 2 aromatic rings. The third-order valence-electron chi connectivity index (χ3n) is 9.21. The average molecular weight is 743 g/mol. The lowest BCUT2D eigenvalue weighted by Crippen LogP contribution is -2.63. The van der Waals surface area contributed by atoms with Gasteiger partial charge >= 0.3 is 35.8 Å². The van der Waals surface area contributed by atoms with Gasteiger partial charge in [-0.3, -0.25) is 29.3 Å². The standard InChI is InChI=1S/C36H42N2O15/c1-7-20-22(12-26-29-23(13-27(37-26)33(43)44)21-10-8-9-11-25(21)38-29)24(34(45)46-6)14-48-35(20)53-36-32(51-19(5)42)31(50-18(4)41)30(49-17(3)40)28(52-36)15-47-16(2)39/h7-11,14,20,22,26-28,30-32,35-38H,1,12-13,15H2,2-6H3,(H,43,44)/t20-,22+,26-,27+,28-,30-,31+,32-,35+,36+/m1/s1. The monoisotopic (exact) mass is 742 g/mol. The summed E-state index contributed by atoms with van der Waals surface area (Å²) in [6, 6.07) is 5.97. The Kier molecular flexibility index (Phi) is 12.2. The van der Waals surface area contributed by atoms with Gasteiger partial charge in [0.15, 0.2) is 18.3 Å². The number of nitrogens with one attached hydrogen (secondary N) is 2. The zero-order chi connectivity index (χ0) is 38.6. The second-order valence-electron chi connectivity index (χ2n) is 12.8. The van der Waals surface area contributed by atoms with Crippen LogP contribution in [0.4, 0.5) is 0 Å². The maximum atomic E-state index is 13.2. The highest BCUT2D eigenvalue weighted by molar-refractivity contribution is 5.89. The molecule has 0 unspecified atom stereocenters. The molecule has 1 fully saturated rings. The van der Waals surface area contributed by atoms with Crippen molar-refractivity contribution in [3.05, 3.63) is 60.0 Å². The maximum Gasteiger partial charge on any atom is 0.337 e. The third kappa shape index (κ3) is 8.69. The number of aliphatic carboxylic acids is 1. The number of hydrogen-bond donors (Lipinski definition) is 3. The van der Waals surface area contributed by atoms with E-state index in [4.69, 9.17) is 37.9 Å². The molecule has 286 valence electrons. The summed E-state index contributed by atoms with van der Waals surface area (Å²) in [4.78, 5) is 77.5. The summed E-state index contributed by atoms with van der Waals surface area (Å²) < 4.78 is 45.1. The lowest BCUT2D eigenvalue weighted by Gasteiger charge is -2.46. The number of aromatic nitrogens is 1. The van der Waals surface area contributed by atoms with Crippen molar-refractivity contribution < 1.29 is 71.8 Å². The smallest absolute Gasteiger partial charge is 0.337 e. The first kappa shape index (κ1) is 39.0. The van der Waals surface area contributed by atoms with E-state index in [1.165, 1.54) is 13.2 Å². The number of benzene rings is 1. The van der Waals surface area contributed by atoms with Crippen molar-refractivity contribution in [3.63, 3.8) is 0 Å². The van der Waals surface area contributed by atoms with Gasteiger partial charge in [-0.1, -0.05) is 24.3 Å². The van der Waals surface area contributed by atoms with Crippen LogP contribution in [0.1, 0.15) is 51.4 Å². The van der Waals surface area contributed by atoms with Crippen molar-refractivity contribution in [2.24, 2.45) is 11.8 Å². The van der Waals surface area contributed by atoms with Crippen LogP contribution in [0.25, 0.3) is 10.9 Å². The van der Waals surface area contributed by atoms with Crippen LogP contribution in [0, 0.1) is 11.8 Å². The zero-order valence-electron chi connectivity index (χ0n) is 29.7. The number of carbonyl (C=O) groups is 6. The summed E-state index contributed by atoms with van der Waals surface area (Å²) in [6.45, 7) is 7.94. The number of carboxylic acid groups (broad SMARTS) is 1. The van der Waals surface area contributed by atoms with E-state index in [0.29, 0.717) is 0 Å². The minimum Gasteiger partial charge on any atom is -0.480 e. The van der Waals surface area contributed by atoms with Gasteiger partial charge in [-0.2, -0.15) is 0 Å². The fraction of sp³-hybridized carbons (Fsp3) is 0.500. The van der Waals surface area contributed by atoms with Gasteiger partial charge in [0.1, 0.15) is 18.8 Å². The van der Waals surface area contributed by atoms with Gasteiger partial charge in [0.05, 0.1) is 18.9 Å². The predicted molar refractivity (Wildman–Crippen MR) is 179 cm³/mol. The summed E-state index contributed by atoms with van der Waals surface area (Å²) in [5, 5.41) is 14.1. The van der Waals surface area contributed by atoms with E-state index in [-0.39, 0.29) is 18.4 Å². The molecule has 10 atom stereocenters. The Labute approximate surface area is 303 Å². The summed E-state index contributed by atoms with van der Waals surface area (Å²) in [5.41, 5.74) is 2.50. The van der Waals surface area contributed by atoms with Gasteiger partial charge in [0.2, 0.25) is 12.6 Å². The SMILES string of the molecule is C=C[C@H]1[C@H](O[C@@H]2O[C@H](COC(C)=O)[C@@H](OC(C)=O)[C@H](OC(C)=O)[C@H]2OC(C)=O)OC=C(C(=O)OC)[C@H]1C[C@H]1N[C@H](C(=O)O)Cc2c1[nH]c1ccccc21. The Morgan fingerprint density at radius 1 is 0.925 bits per heavy atom. The Morgan fingerprint density at radius 3 is 2.21 bits per heavy atom. The fourth-order valence-corrected chi connectivity index (χ4v) is 7.07. The van der Waals surface area contributed by atoms with E-state index in [1.54, 1.807) is 0 Å². The molecule has 3 aliphatic heterocycles. The first-order chi connectivity index (χ1) is 25.2. The Morgan fingerprint density at radius 2 is 1.58 bits per heavy atom. The number of methoxy groups -OCH3 is 1. The summed E-state index contributed by atoms with van der Waals surface area (Å²) >= 11 is 0. The van der Waals surface area contributed by atoms with Crippen LogP contribution in [0.15, 0.2) is 48.8 Å². The highest BCUT2D eigenvalue weighted by Crippen LogP contribution is 2.43. The highest BCUT2D eigenvalue weighted by atomic mass is 16.8. The van der Waals surface area contributed by atoms with Crippen LogP contribution in [-0.2, 0) is 73.1 Å². The van der Waals surface area contributed by atoms with Crippen molar-refractivity contribution in [3.8, 4) is 0 Å². The van der Waals surface area contributed by atoms with Crippen molar-refractivity contribution >= 4 is 46.7 Å². The van der Waals surface area contributed by atoms with Crippen molar-refractivity contribution in [2.75, 3.05) is 13.7 Å². The molecule has 3 N–H and O–H groups in total. The van der Waals surface area contributed by atoms with E-state index in [1.807, 2.05) is 24.3 Å². The molecule has 4 heterocycles. The van der Waals surface area contributed by atoms with Crippen LogP contribution < -0.4 is 5.32 Å². The van der Waals surface area contributed by atoms with E-state index in [2.05, 4.69) is 16.9 Å². The fourth-order valence-electron chi connectivity index (χ4n) is 7.07. The molecule has 0 bridgehead atoms. The molecule has 3 aliphatic rings. The van der Waals surface area contributed by atoms with E-state index >= 15 is 0 Å². The Bertz CT molecular complexity index is 1780. The topological polar surface area (TPSA) is 224 Å². The minimum absolute atomic E-state index is 0.107. The van der Waals surface area contributed by atoms with Gasteiger partial charge in [-0.25, -0.2) is 4.79 Å². The van der Waals surface area contributed by atoms with Gasteiger partial charge in [0, 0.05) is 68.6 Å². The second kappa shape index (κ2) is 16.6. The number of hydrogen-bond acceptors (Lipinski definition) is 15. The van der Waals surface area contributed by atoms with Crippen LogP contribution in [0.3, 0.4) is 0 Å². The lowest BCUT2D eigenvalue weighted by molar-refractivity contribution is -0.342. The number of rotatable bonds is 12. The molecule has 0 amide bonds. The molecule has 1 aromatic heterocycles. The molecular weight excluding hydrogens is 700 g/mol. The van der Waals surface area contributed by atoms with E-state index in [9.17, 15) is 33.9 Å². The summed E-state index contributed by atoms with van der Waals surface area (Å²) in [6.07, 6.45) is -5.65. The molecule has 0 aliphatic carbocycles. The molecule has 17 heteroatoms. The highest BCUT2D eigenvalue weighted by Gasteiger charge is 2.54. The van der Waals surface area contributed by atoms with Crippen molar-refractivity contribution in [1.29, 1.82) is 0 Å². The summed E-state index contributed by atoms with van der Waals surface area (Å²) in [5.74, 6) is -6.53. The predicted octanol–water partition coefficient (Wildman–Crippen LogP) is 2.13. The number of aromatic amines is 1. The molecule has 0 spiro atoms. The normalized spacial score (nSPS) is 29.3. The quantitative estimate of drug-likeness (QED) is 0.161. The van der Waals surface area contributed by atoms with Gasteiger partial charge in [0.25, 0.3) is 0 Å². The molecule has 53 heavy (non-hydrogen) atoms. The first-order valence-electron chi connectivity index (χ1n) is 16.8. The van der Waals surface area contributed by atoms with Crippen LogP contribution >= 0.6 is 0 Å². The van der Waals surface area contributed by atoms with Crippen LogP contribution in [0.2, 0.25) is 0 Å². The van der Waals surface area contributed by atoms with Gasteiger partial charge < -0.3 is 48.0 Å². The number of carbonyl (C=O) groups excluding carboxylic acids is 5. The molecule has 1 aromatic carbocycles. The zero-order valence-corrected chi connectivity index (χ0v) is 29.7. The molecule has 0 radical (unpaired) electrons. The second-order valence-corrected chi connectivity index (χ2v) is 12.8. The first-order valence-corrected chi connectivity index (χ1v) is 16.8. The van der Waals surface area contributed by atoms with Crippen molar-refractivity contribution in [1.82, 2.24) is 10.3 Å². The van der Waals surface area contributed by atoms with E-state index < -0.39 is 103 Å². The van der Waals surface area contributed by atoms with Crippen LogP contribution in [0.5, 0.6) is 0 Å². The summed E-state index contributed by atoms with van der Waals surface area (Å²) in [7, 11) is 1.21. The largest absolute Gasteiger partial charge is 0.480 e. The van der Waals surface area contributed by atoms with E-state index in [0.717, 1.165) is 56.1 Å². The van der Waals surface area contributed by atoms with Crippen molar-refractivity contribution in [2.45, 2.75) is 89.6 Å². The molecule has 1 saturated heterocycles. The van der Waals surface area contributed by atoms with Gasteiger partial charge in [-0.15, -0.1) is 6.58 Å². The van der Waals surface area contributed by atoms with Gasteiger partial charge in [-0.05, 0) is 18.1 Å². The number of para-hydroxylation sites is 1. The third-order valence-corrected chi connectivity index (χ3v) is 9.21. The number of ether oxygens (including phenoxy) is 8.